The van der Waals surface area contributed by atoms with Gasteiger partial charge < -0.3 is 10.6 Å². The maximum atomic E-state index is 12.5. The lowest BCUT2D eigenvalue weighted by Gasteiger charge is -2.23. The van der Waals surface area contributed by atoms with Crippen molar-refractivity contribution in [3.8, 4) is 0 Å². The van der Waals surface area contributed by atoms with Crippen LogP contribution >= 0.6 is 11.8 Å². The van der Waals surface area contributed by atoms with Crippen LogP contribution in [0.4, 0.5) is 13.2 Å². The summed E-state index contributed by atoms with van der Waals surface area (Å²) in [7, 11) is 0. The number of halogens is 3. The largest absolute Gasteiger partial charge is 0.446 e. The molecular weight excluding hydrogens is 301 g/mol. The summed E-state index contributed by atoms with van der Waals surface area (Å²) in [6.07, 6.45) is 1.94. The highest BCUT2D eigenvalue weighted by Gasteiger charge is 2.31. The lowest BCUT2D eigenvalue weighted by molar-refractivity contribution is -0.0328. The third-order valence-electron chi connectivity index (χ3n) is 3.37. The summed E-state index contributed by atoms with van der Waals surface area (Å²) in [5.74, 6) is -0.0569. The van der Waals surface area contributed by atoms with Crippen LogP contribution in [0.2, 0.25) is 0 Å². The van der Waals surface area contributed by atoms with Gasteiger partial charge in [-0.25, -0.2) is 0 Å². The third kappa shape index (κ3) is 5.24. The number of nitrogens with one attached hydrogen (secondary N) is 2. The monoisotopic (exact) mass is 318 g/mol. The molecule has 2 N–H and O–H groups in total. The second kappa shape index (κ2) is 7.17. The molecule has 0 unspecified atom stereocenters. The van der Waals surface area contributed by atoms with Crippen LogP contribution in [0.5, 0.6) is 0 Å². The van der Waals surface area contributed by atoms with Crippen molar-refractivity contribution in [2.45, 2.75) is 23.2 Å². The molecule has 0 bridgehead atoms. The first kappa shape index (κ1) is 16.2. The number of thioether (sulfide) groups is 1. The molecule has 1 saturated heterocycles. The van der Waals surface area contributed by atoms with E-state index < -0.39 is 11.4 Å². The molecule has 1 fully saturated rings. The number of carbonyl (C=O) groups is 1. The van der Waals surface area contributed by atoms with Gasteiger partial charge in [-0.05, 0) is 55.7 Å². The van der Waals surface area contributed by atoms with Crippen molar-refractivity contribution in [3.63, 3.8) is 0 Å². The van der Waals surface area contributed by atoms with Crippen molar-refractivity contribution in [1.82, 2.24) is 10.6 Å². The predicted molar refractivity (Wildman–Crippen MR) is 76.3 cm³/mol. The van der Waals surface area contributed by atoms with Gasteiger partial charge in [-0.1, -0.05) is 12.1 Å². The van der Waals surface area contributed by atoms with Crippen LogP contribution < -0.4 is 10.6 Å². The molecule has 0 spiro atoms. The Labute approximate surface area is 125 Å². The van der Waals surface area contributed by atoms with Crippen molar-refractivity contribution in [2.24, 2.45) is 5.92 Å². The zero-order valence-corrected chi connectivity index (χ0v) is 12.2. The minimum Gasteiger partial charge on any atom is -0.352 e. The highest BCUT2D eigenvalue weighted by atomic mass is 32.2. The van der Waals surface area contributed by atoms with Gasteiger partial charge in [0.1, 0.15) is 0 Å². The summed E-state index contributed by atoms with van der Waals surface area (Å²) in [6.45, 7) is 2.34. The topological polar surface area (TPSA) is 41.1 Å². The fourth-order valence-corrected chi connectivity index (χ4v) is 2.95. The third-order valence-corrected chi connectivity index (χ3v) is 4.17. The molecule has 1 aromatic carbocycles. The van der Waals surface area contributed by atoms with Crippen LogP contribution in [0.3, 0.4) is 0 Å². The van der Waals surface area contributed by atoms with Crippen molar-refractivity contribution in [3.05, 3.63) is 29.8 Å². The van der Waals surface area contributed by atoms with Crippen LogP contribution in [0.15, 0.2) is 29.2 Å². The molecule has 0 saturated carbocycles. The van der Waals surface area contributed by atoms with E-state index in [1.807, 2.05) is 0 Å². The maximum absolute atomic E-state index is 12.5. The van der Waals surface area contributed by atoms with Gasteiger partial charge in [0.05, 0.1) is 5.56 Å². The van der Waals surface area contributed by atoms with E-state index in [1.165, 1.54) is 18.2 Å². The van der Waals surface area contributed by atoms with Gasteiger partial charge in [0.15, 0.2) is 0 Å². The number of alkyl halides is 3. The summed E-state index contributed by atoms with van der Waals surface area (Å²) in [5.41, 5.74) is -4.32. The number of hydrogen-bond acceptors (Lipinski definition) is 3. The van der Waals surface area contributed by atoms with Gasteiger partial charge in [0.25, 0.3) is 5.91 Å². The number of rotatable bonds is 4. The number of amides is 1. The van der Waals surface area contributed by atoms with Crippen LogP contribution in [-0.4, -0.2) is 31.0 Å². The Bertz CT molecular complexity index is 487. The van der Waals surface area contributed by atoms with Crippen molar-refractivity contribution in [2.75, 3.05) is 19.6 Å². The summed E-state index contributed by atoms with van der Waals surface area (Å²) < 4.78 is 37.5. The molecule has 7 heteroatoms. The zero-order valence-electron chi connectivity index (χ0n) is 11.4. The smallest absolute Gasteiger partial charge is 0.352 e. The van der Waals surface area contributed by atoms with E-state index in [9.17, 15) is 18.0 Å². The van der Waals surface area contributed by atoms with E-state index in [4.69, 9.17) is 0 Å². The van der Waals surface area contributed by atoms with E-state index in [-0.39, 0.29) is 22.2 Å². The van der Waals surface area contributed by atoms with Crippen LogP contribution in [0.25, 0.3) is 0 Å². The Balaban J connectivity index is 1.98. The van der Waals surface area contributed by atoms with Crippen molar-refractivity contribution >= 4 is 17.7 Å². The average molecular weight is 318 g/mol. The molecule has 0 aliphatic carbocycles. The van der Waals surface area contributed by atoms with E-state index in [0.29, 0.717) is 12.5 Å². The SMILES string of the molecule is O=C(NCC1CCNCC1)c1ccccc1SC(F)(F)F. The fourth-order valence-electron chi connectivity index (χ4n) is 2.29. The molecule has 1 aliphatic heterocycles. The molecule has 2 rings (SSSR count). The van der Waals surface area contributed by atoms with Crippen molar-refractivity contribution < 1.29 is 18.0 Å². The van der Waals surface area contributed by atoms with Crippen LogP contribution in [0, 0.1) is 5.92 Å². The van der Waals surface area contributed by atoms with Gasteiger partial charge in [0, 0.05) is 11.4 Å². The van der Waals surface area contributed by atoms with E-state index in [1.54, 1.807) is 6.07 Å². The average Bonchev–Trinajstić information content (AvgIpc) is 2.45. The van der Waals surface area contributed by atoms with Gasteiger partial charge in [-0.15, -0.1) is 0 Å². The molecule has 21 heavy (non-hydrogen) atoms. The Morgan fingerprint density at radius 1 is 1.29 bits per heavy atom. The number of benzene rings is 1. The highest BCUT2D eigenvalue weighted by Crippen LogP contribution is 2.38. The first-order valence-electron chi connectivity index (χ1n) is 6.79. The molecule has 3 nitrogen and oxygen atoms in total. The Morgan fingerprint density at radius 3 is 2.62 bits per heavy atom. The summed E-state index contributed by atoms with van der Waals surface area (Å²) in [4.78, 5) is 12.0. The normalized spacial score (nSPS) is 16.7. The Hall–Kier alpha value is -1.21. The first-order valence-corrected chi connectivity index (χ1v) is 7.61. The molecule has 0 radical (unpaired) electrons. The van der Waals surface area contributed by atoms with Gasteiger partial charge in [-0.2, -0.15) is 13.2 Å². The highest BCUT2D eigenvalue weighted by molar-refractivity contribution is 8.00. The van der Waals surface area contributed by atoms with Crippen LogP contribution in [-0.2, 0) is 0 Å². The van der Waals surface area contributed by atoms with Crippen molar-refractivity contribution in [1.29, 1.82) is 0 Å². The van der Waals surface area contributed by atoms with Gasteiger partial charge in [-0.3, -0.25) is 4.79 Å². The van der Waals surface area contributed by atoms with E-state index in [0.717, 1.165) is 25.9 Å². The quantitative estimate of drug-likeness (QED) is 0.839. The predicted octanol–water partition coefficient (Wildman–Crippen LogP) is 3.03. The first-order chi connectivity index (χ1) is 9.96. The molecule has 1 aliphatic rings. The number of hydrogen-bond donors (Lipinski definition) is 2. The lowest BCUT2D eigenvalue weighted by Crippen LogP contribution is -2.36. The maximum Gasteiger partial charge on any atom is 0.446 e. The number of carbonyl (C=O) groups excluding carboxylic acids is 1. The second-order valence-electron chi connectivity index (χ2n) is 4.95. The Kier molecular flexibility index (Phi) is 5.52. The minimum absolute atomic E-state index is 0.0622. The summed E-state index contributed by atoms with van der Waals surface area (Å²) >= 11 is -0.254. The second-order valence-corrected chi connectivity index (χ2v) is 6.05. The molecule has 1 heterocycles. The fraction of sp³-hybridized carbons (Fsp3) is 0.500. The molecule has 1 amide bonds. The van der Waals surface area contributed by atoms with Gasteiger partial charge in [0.2, 0.25) is 0 Å². The number of piperidine rings is 1. The summed E-state index contributed by atoms with van der Waals surface area (Å²) in [6, 6.07) is 5.81. The van der Waals surface area contributed by atoms with Gasteiger partial charge >= 0.3 is 5.51 Å². The summed E-state index contributed by atoms with van der Waals surface area (Å²) in [5, 5.41) is 5.98. The molecule has 0 aromatic heterocycles. The minimum atomic E-state index is -4.40. The zero-order chi connectivity index (χ0) is 15.3. The molecular formula is C14H17F3N2OS. The lowest BCUT2D eigenvalue weighted by atomic mass is 9.98. The molecule has 116 valence electrons. The molecule has 0 atom stereocenters. The standard InChI is InChI=1S/C14H17F3N2OS/c15-14(16,17)21-12-4-2-1-3-11(12)13(20)19-9-10-5-7-18-8-6-10/h1-4,10,18H,5-9H2,(H,19,20). The van der Waals surface area contributed by atoms with E-state index in [2.05, 4.69) is 10.6 Å². The molecule has 1 aromatic rings. The Morgan fingerprint density at radius 2 is 1.95 bits per heavy atom. The van der Waals surface area contributed by atoms with E-state index >= 15 is 0 Å². The van der Waals surface area contributed by atoms with Crippen LogP contribution in [0.1, 0.15) is 23.2 Å².